The molecule has 1 aliphatic carbocycles. The van der Waals surface area contributed by atoms with Crippen molar-refractivity contribution in [3.05, 3.63) is 11.4 Å². The van der Waals surface area contributed by atoms with Gasteiger partial charge in [-0.15, -0.1) is 11.3 Å². The van der Waals surface area contributed by atoms with Gasteiger partial charge in [0.1, 0.15) is 10.6 Å². The van der Waals surface area contributed by atoms with Crippen molar-refractivity contribution in [3.8, 4) is 0 Å². The molecule has 0 spiro atoms. The number of anilines is 2. The van der Waals surface area contributed by atoms with E-state index < -0.39 is 0 Å². The minimum Gasteiger partial charge on any atom is -0.368 e. The predicted octanol–water partition coefficient (Wildman–Crippen LogP) is 2.48. The molecule has 4 nitrogen and oxygen atoms in total. The van der Waals surface area contributed by atoms with Crippen molar-refractivity contribution in [1.29, 1.82) is 0 Å². The second-order valence-electron chi connectivity index (χ2n) is 4.96. The van der Waals surface area contributed by atoms with Gasteiger partial charge in [-0.25, -0.2) is 4.98 Å². The van der Waals surface area contributed by atoms with Crippen LogP contribution in [-0.4, -0.2) is 16.0 Å². The molecule has 84 valence electrons. The van der Waals surface area contributed by atoms with Crippen LogP contribution in [0, 0.1) is 5.41 Å². The zero-order valence-corrected chi connectivity index (χ0v) is 10.1. The summed E-state index contributed by atoms with van der Waals surface area (Å²) >= 11 is 1.59. The lowest BCUT2D eigenvalue weighted by Gasteiger charge is -2.08. The van der Waals surface area contributed by atoms with Crippen molar-refractivity contribution >= 4 is 33.3 Å². The Morgan fingerprint density at radius 2 is 2.25 bits per heavy atom. The molecule has 1 aliphatic rings. The van der Waals surface area contributed by atoms with Gasteiger partial charge in [-0.2, -0.15) is 4.98 Å². The molecule has 2 aromatic heterocycles. The molecular weight excluding hydrogens is 220 g/mol. The molecule has 16 heavy (non-hydrogen) atoms. The summed E-state index contributed by atoms with van der Waals surface area (Å²) in [7, 11) is 0. The van der Waals surface area contributed by atoms with Gasteiger partial charge < -0.3 is 11.1 Å². The zero-order valence-electron chi connectivity index (χ0n) is 9.32. The van der Waals surface area contributed by atoms with Gasteiger partial charge in [0, 0.05) is 6.04 Å². The van der Waals surface area contributed by atoms with Crippen LogP contribution in [0.4, 0.5) is 11.8 Å². The van der Waals surface area contributed by atoms with Gasteiger partial charge in [0.15, 0.2) is 0 Å². The Balaban J connectivity index is 1.99. The maximum Gasteiger partial charge on any atom is 0.223 e. The number of nitrogens with zero attached hydrogens (tertiary/aromatic N) is 2. The zero-order chi connectivity index (χ0) is 11.3. The van der Waals surface area contributed by atoms with E-state index in [1.165, 1.54) is 6.42 Å². The minimum atomic E-state index is 0.343. The van der Waals surface area contributed by atoms with Crippen molar-refractivity contribution in [1.82, 2.24) is 9.97 Å². The van der Waals surface area contributed by atoms with Crippen molar-refractivity contribution < 1.29 is 0 Å². The smallest absolute Gasteiger partial charge is 0.223 e. The highest BCUT2D eigenvalue weighted by molar-refractivity contribution is 7.16. The normalized spacial score (nSPS) is 22.2. The second kappa shape index (κ2) is 3.07. The molecule has 0 radical (unpaired) electrons. The van der Waals surface area contributed by atoms with Crippen LogP contribution in [0.1, 0.15) is 20.3 Å². The molecular formula is C11H14N4S. The molecule has 2 heterocycles. The Morgan fingerprint density at radius 3 is 2.94 bits per heavy atom. The van der Waals surface area contributed by atoms with Crippen LogP contribution < -0.4 is 11.1 Å². The molecule has 3 N–H and O–H groups in total. The quantitative estimate of drug-likeness (QED) is 0.838. The van der Waals surface area contributed by atoms with E-state index in [1.54, 1.807) is 11.3 Å². The maximum atomic E-state index is 5.69. The van der Waals surface area contributed by atoms with Crippen molar-refractivity contribution in [3.63, 3.8) is 0 Å². The number of nitrogens with one attached hydrogen (secondary N) is 1. The standard InChI is InChI=1S/C11H14N4S/c1-11(2)5-7(11)13-8-6-3-4-16-9(6)15-10(12)14-8/h3-4,7H,5H2,1-2H3,(H3,12,13,14,15). The first-order valence-electron chi connectivity index (χ1n) is 5.33. The average molecular weight is 234 g/mol. The molecule has 0 aliphatic heterocycles. The number of nitrogens with two attached hydrogens (primary N) is 1. The molecule has 0 bridgehead atoms. The van der Waals surface area contributed by atoms with Gasteiger partial charge in [0.25, 0.3) is 0 Å². The summed E-state index contributed by atoms with van der Waals surface area (Å²) in [5.74, 6) is 1.22. The third kappa shape index (κ3) is 1.51. The SMILES string of the molecule is CC1(C)CC1Nc1nc(N)nc2sccc12. The molecule has 1 atom stereocenters. The summed E-state index contributed by atoms with van der Waals surface area (Å²) in [6, 6.07) is 2.54. The molecule has 1 fully saturated rings. The van der Waals surface area contributed by atoms with Crippen LogP contribution in [0.3, 0.4) is 0 Å². The number of fused-ring (bicyclic) bond motifs is 1. The molecule has 0 saturated heterocycles. The van der Waals surface area contributed by atoms with Crippen LogP contribution in [0.25, 0.3) is 10.2 Å². The summed E-state index contributed by atoms with van der Waals surface area (Å²) in [4.78, 5) is 9.44. The third-order valence-electron chi connectivity index (χ3n) is 3.17. The number of aromatic nitrogens is 2. The Bertz CT molecular complexity index is 546. The topological polar surface area (TPSA) is 63.8 Å². The largest absolute Gasteiger partial charge is 0.368 e. The Kier molecular flexibility index (Phi) is 1.89. The van der Waals surface area contributed by atoms with Crippen molar-refractivity contribution in [2.75, 3.05) is 11.1 Å². The number of rotatable bonds is 2. The van der Waals surface area contributed by atoms with Crippen LogP contribution >= 0.6 is 11.3 Å². The van der Waals surface area contributed by atoms with E-state index in [9.17, 15) is 0 Å². The molecule has 3 rings (SSSR count). The monoisotopic (exact) mass is 234 g/mol. The lowest BCUT2D eigenvalue weighted by atomic mass is 10.2. The van der Waals surface area contributed by atoms with Gasteiger partial charge in [-0.1, -0.05) is 13.8 Å². The van der Waals surface area contributed by atoms with Crippen LogP contribution in [0.15, 0.2) is 11.4 Å². The minimum absolute atomic E-state index is 0.343. The Morgan fingerprint density at radius 1 is 1.50 bits per heavy atom. The second-order valence-corrected chi connectivity index (χ2v) is 5.85. The Hall–Kier alpha value is -1.36. The van der Waals surface area contributed by atoms with Gasteiger partial charge in [0.2, 0.25) is 5.95 Å². The fraction of sp³-hybridized carbons (Fsp3) is 0.455. The highest BCUT2D eigenvalue weighted by Gasteiger charge is 2.46. The molecule has 2 aromatic rings. The molecule has 1 unspecified atom stereocenters. The molecule has 0 aromatic carbocycles. The molecule has 0 amide bonds. The highest BCUT2D eigenvalue weighted by Crippen LogP contribution is 2.47. The number of hydrogen-bond donors (Lipinski definition) is 2. The van der Waals surface area contributed by atoms with Gasteiger partial charge in [-0.05, 0) is 23.3 Å². The lowest BCUT2D eigenvalue weighted by molar-refractivity contribution is 0.630. The summed E-state index contributed by atoms with van der Waals surface area (Å²) in [6.07, 6.45) is 1.18. The van der Waals surface area contributed by atoms with Crippen LogP contribution in [-0.2, 0) is 0 Å². The van der Waals surface area contributed by atoms with E-state index in [-0.39, 0.29) is 0 Å². The van der Waals surface area contributed by atoms with E-state index >= 15 is 0 Å². The molecule has 1 saturated carbocycles. The van der Waals surface area contributed by atoms with E-state index in [1.807, 2.05) is 11.4 Å². The van der Waals surface area contributed by atoms with Crippen LogP contribution in [0.2, 0.25) is 0 Å². The van der Waals surface area contributed by atoms with Gasteiger partial charge >= 0.3 is 0 Å². The summed E-state index contributed by atoms with van der Waals surface area (Å²) in [5.41, 5.74) is 6.07. The van der Waals surface area contributed by atoms with Crippen molar-refractivity contribution in [2.45, 2.75) is 26.3 Å². The Labute approximate surface area is 97.9 Å². The third-order valence-corrected chi connectivity index (χ3v) is 3.97. The average Bonchev–Trinajstić information content (AvgIpc) is 2.63. The highest BCUT2D eigenvalue weighted by atomic mass is 32.1. The number of nitrogen functional groups attached to an aromatic ring is 1. The predicted molar refractivity (Wildman–Crippen MR) is 67.6 cm³/mol. The summed E-state index contributed by atoms with van der Waals surface area (Å²) in [6.45, 7) is 4.50. The first-order valence-corrected chi connectivity index (χ1v) is 6.21. The number of thiophene rings is 1. The van der Waals surface area contributed by atoms with E-state index in [0.29, 0.717) is 17.4 Å². The maximum absolute atomic E-state index is 5.69. The first kappa shape index (κ1) is 9.84. The summed E-state index contributed by atoms with van der Waals surface area (Å²) in [5, 5.41) is 6.54. The van der Waals surface area contributed by atoms with Crippen LogP contribution in [0.5, 0.6) is 0 Å². The van der Waals surface area contributed by atoms with E-state index in [2.05, 4.69) is 29.1 Å². The fourth-order valence-corrected chi connectivity index (χ4v) is 2.63. The van der Waals surface area contributed by atoms with E-state index in [4.69, 9.17) is 5.73 Å². The number of hydrogen-bond acceptors (Lipinski definition) is 5. The van der Waals surface area contributed by atoms with Gasteiger partial charge in [0.05, 0.1) is 5.39 Å². The lowest BCUT2D eigenvalue weighted by Crippen LogP contribution is -2.11. The van der Waals surface area contributed by atoms with E-state index in [0.717, 1.165) is 16.0 Å². The first-order chi connectivity index (χ1) is 7.56. The van der Waals surface area contributed by atoms with Gasteiger partial charge in [-0.3, -0.25) is 0 Å². The molecule has 5 heteroatoms. The van der Waals surface area contributed by atoms with Crippen molar-refractivity contribution in [2.24, 2.45) is 5.41 Å². The fourth-order valence-electron chi connectivity index (χ4n) is 1.86. The summed E-state index contributed by atoms with van der Waals surface area (Å²) < 4.78 is 0.